The topological polar surface area (TPSA) is 26.3 Å². The van der Waals surface area contributed by atoms with Crippen LogP contribution < -0.4 is 0 Å². The summed E-state index contributed by atoms with van der Waals surface area (Å²) in [6, 6.07) is 0. The number of esters is 1. The zero-order valence-electron chi connectivity index (χ0n) is 19.3. The Hall–Kier alpha value is -0.790. The van der Waals surface area contributed by atoms with Crippen molar-refractivity contribution in [3.8, 4) is 0 Å². The molecule has 0 N–H and O–H groups in total. The summed E-state index contributed by atoms with van der Waals surface area (Å²) in [5.74, 6) is 0.00906. The van der Waals surface area contributed by atoms with E-state index < -0.39 is 0 Å². The van der Waals surface area contributed by atoms with E-state index in [4.69, 9.17) is 4.74 Å². The second kappa shape index (κ2) is 24.2. The smallest absolute Gasteiger partial charge is 0.305 e. The van der Waals surface area contributed by atoms with E-state index in [1.165, 1.54) is 103 Å². The molecule has 0 atom stereocenters. The van der Waals surface area contributed by atoms with Crippen LogP contribution in [0.25, 0.3) is 0 Å². The van der Waals surface area contributed by atoms with Crippen molar-refractivity contribution in [2.75, 3.05) is 6.61 Å². The number of hydrogen-bond donors (Lipinski definition) is 0. The molecular formula is C26H50O2. The van der Waals surface area contributed by atoms with Gasteiger partial charge in [0.15, 0.2) is 0 Å². The van der Waals surface area contributed by atoms with Gasteiger partial charge in [0, 0.05) is 6.42 Å². The first-order chi connectivity index (χ1) is 13.8. The molecule has 2 nitrogen and oxygen atoms in total. The van der Waals surface area contributed by atoms with Crippen LogP contribution in [-0.2, 0) is 9.53 Å². The molecule has 0 saturated heterocycles. The Labute approximate surface area is 176 Å². The number of ether oxygens (including phenoxy) is 1. The highest BCUT2D eigenvalue weighted by Crippen LogP contribution is 2.11. The number of carbonyl (C=O) groups is 1. The standard InChI is InChI=1S/C26H50O2/c1-3-5-7-9-11-13-15-16-18-20-22-24-26(27)28-25-23-21-19-17-14-12-10-8-6-4-2/h9,11H,3-8,10,12-25H2,1-2H3/b11-9-. The molecule has 0 aromatic carbocycles. The molecular weight excluding hydrogens is 344 g/mol. The third kappa shape index (κ3) is 23.2. The van der Waals surface area contributed by atoms with Crippen LogP contribution in [0.15, 0.2) is 12.2 Å². The molecule has 0 radical (unpaired) electrons. The summed E-state index contributed by atoms with van der Waals surface area (Å²) in [7, 11) is 0. The van der Waals surface area contributed by atoms with Crippen molar-refractivity contribution in [3.63, 3.8) is 0 Å². The van der Waals surface area contributed by atoms with Gasteiger partial charge in [0.25, 0.3) is 0 Å². The van der Waals surface area contributed by atoms with Gasteiger partial charge in [0.05, 0.1) is 6.61 Å². The zero-order chi connectivity index (χ0) is 20.5. The van der Waals surface area contributed by atoms with E-state index in [2.05, 4.69) is 26.0 Å². The van der Waals surface area contributed by atoms with Crippen molar-refractivity contribution in [2.45, 2.75) is 142 Å². The lowest BCUT2D eigenvalue weighted by molar-refractivity contribution is -0.143. The summed E-state index contributed by atoms with van der Waals surface area (Å²) in [5.41, 5.74) is 0. The van der Waals surface area contributed by atoms with Crippen LogP contribution >= 0.6 is 0 Å². The molecule has 0 unspecified atom stereocenters. The largest absolute Gasteiger partial charge is 0.466 e. The lowest BCUT2D eigenvalue weighted by atomic mass is 10.1. The Balaban J connectivity index is 3.18. The molecule has 0 saturated carbocycles. The van der Waals surface area contributed by atoms with Crippen molar-refractivity contribution < 1.29 is 9.53 Å². The van der Waals surface area contributed by atoms with Gasteiger partial charge in [0.1, 0.15) is 0 Å². The number of carbonyl (C=O) groups excluding carboxylic acids is 1. The summed E-state index contributed by atoms with van der Waals surface area (Å²) in [4.78, 5) is 11.7. The Bertz CT molecular complexity index is 335. The summed E-state index contributed by atoms with van der Waals surface area (Å²) >= 11 is 0. The molecule has 0 aromatic rings. The monoisotopic (exact) mass is 394 g/mol. The Kier molecular flexibility index (Phi) is 23.6. The highest BCUT2D eigenvalue weighted by molar-refractivity contribution is 5.69. The van der Waals surface area contributed by atoms with Crippen molar-refractivity contribution in [3.05, 3.63) is 12.2 Å². The predicted molar refractivity (Wildman–Crippen MR) is 124 cm³/mol. The van der Waals surface area contributed by atoms with Crippen LogP contribution in [0.1, 0.15) is 142 Å². The average Bonchev–Trinajstić information content (AvgIpc) is 2.70. The van der Waals surface area contributed by atoms with Gasteiger partial charge in [-0.25, -0.2) is 0 Å². The lowest BCUT2D eigenvalue weighted by Gasteiger charge is -2.05. The van der Waals surface area contributed by atoms with Gasteiger partial charge in [-0.1, -0.05) is 116 Å². The molecule has 0 fully saturated rings. The molecule has 0 bridgehead atoms. The van der Waals surface area contributed by atoms with Crippen molar-refractivity contribution >= 4 is 5.97 Å². The van der Waals surface area contributed by atoms with Crippen LogP contribution in [-0.4, -0.2) is 12.6 Å². The van der Waals surface area contributed by atoms with E-state index in [0.29, 0.717) is 13.0 Å². The summed E-state index contributed by atoms with van der Waals surface area (Å²) in [5, 5.41) is 0. The number of unbranched alkanes of at least 4 members (excludes halogenated alkanes) is 16. The maximum atomic E-state index is 11.7. The molecule has 166 valence electrons. The minimum absolute atomic E-state index is 0.00906. The number of allylic oxidation sites excluding steroid dienone is 2. The predicted octanol–water partition coefficient (Wildman–Crippen LogP) is 8.93. The molecule has 0 rings (SSSR count). The Morgan fingerprint density at radius 2 is 1.04 bits per heavy atom. The molecule has 0 aliphatic carbocycles. The second-order valence-electron chi connectivity index (χ2n) is 8.32. The van der Waals surface area contributed by atoms with Crippen LogP contribution in [0.4, 0.5) is 0 Å². The SMILES string of the molecule is CCCC/C=C\CCCCCCCC(=O)OCCCCCCCCCCCC. The minimum Gasteiger partial charge on any atom is -0.466 e. The van der Waals surface area contributed by atoms with Gasteiger partial charge in [0.2, 0.25) is 0 Å². The number of hydrogen-bond acceptors (Lipinski definition) is 2. The third-order valence-electron chi connectivity index (χ3n) is 5.40. The Morgan fingerprint density at radius 3 is 1.64 bits per heavy atom. The van der Waals surface area contributed by atoms with Gasteiger partial charge < -0.3 is 4.74 Å². The lowest BCUT2D eigenvalue weighted by Crippen LogP contribution is -2.05. The first-order valence-corrected chi connectivity index (χ1v) is 12.6. The molecule has 0 heterocycles. The molecule has 2 heteroatoms. The van der Waals surface area contributed by atoms with E-state index in [9.17, 15) is 4.79 Å². The fourth-order valence-electron chi connectivity index (χ4n) is 3.47. The van der Waals surface area contributed by atoms with Gasteiger partial charge in [-0.3, -0.25) is 4.79 Å². The summed E-state index contributed by atoms with van der Waals surface area (Å²) in [6.45, 7) is 5.13. The first kappa shape index (κ1) is 27.2. The average molecular weight is 395 g/mol. The van der Waals surface area contributed by atoms with E-state index in [-0.39, 0.29) is 5.97 Å². The highest BCUT2D eigenvalue weighted by atomic mass is 16.5. The molecule has 0 aliphatic rings. The van der Waals surface area contributed by atoms with Crippen molar-refractivity contribution in [1.29, 1.82) is 0 Å². The maximum absolute atomic E-state index is 11.7. The number of rotatable bonds is 22. The van der Waals surface area contributed by atoms with Crippen molar-refractivity contribution in [2.24, 2.45) is 0 Å². The summed E-state index contributed by atoms with van der Waals surface area (Å²) in [6.07, 6.45) is 29.4. The van der Waals surface area contributed by atoms with Gasteiger partial charge in [-0.05, 0) is 32.1 Å². The molecule has 0 aromatic heterocycles. The first-order valence-electron chi connectivity index (χ1n) is 12.6. The zero-order valence-corrected chi connectivity index (χ0v) is 19.3. The van der Waals surface area contributed by atoms with E-state index >= 15 is 0 Å². The van der Waals surface area contributed by atoms with E-state index in [0.717, 1.165) is 19.3 Å². The summed E-state index contributed by atoms with van der Waals surface area (Å²) < 4.78 is 5.36. The van der Waals surface area contributed by atoms with Gasteiger partial charge in [-0.15, -0.1) is 0 Å². The highest BCUT2D eigenvalue weighted by Gasteiger charge is 2.02. The molecule has 0 spiro atoms. The van der Waals surface area contributed by atoms with Gasteiger partial charge in [-0.2, -0.15) is 0 Å². The Morgan fingerprint density at radius 1 is 0.571 bits per heavy atom. The van der Waals surface area contributed by atoms with E-state index in [1.54, 1.807) is 0 Å². The van der Waals surface area contributed by atoms with E-state index in [1.807, 2.05) is 0 Å². The van der Waals surface area contributed by atoms with Crippen LogP contribution in [0, 0.1) is 0 Å². The quantitative estimate of drug-likeness (QED) is 0.104. The van der Waals surface area contributed by atoms with Gasteiger partial charge >= 0.3 is 5.97 Å². The fourth-order valence-corrected chi connectivity index (χ4v) is 3.47. The third-order valence-corrected chi connectivity index (χ3v) is 5.40. The maximum Gasteiger partial charge on any atom is 0.305 e. The molecule has 0 amide bonds. The molecule has 28 heavy (non-hydrogen) atoms. The van der Waals surface area contributed by atoms with Crippen molar-refractivity contribution in [1.82, 2.24) is 0 Å². The van der Waals surface area contributed by atoms with Crippen LogP contribution in [0.3, 0.4) is 0 Å². The van der Waals surface area contributed by atoms with Crippen LogP contribution in [0.5, 0.6) is 0 Å². The minimum atomic E-state index is 0.00906. The fraction of sp³-hybridized carbons (Fsp3) is 0.885. The molecule has 0 aliphatic heterocycles. The van der Waals surface area contributed by atoms with Crippen LogP contribution in [0.2, 0.25) is 0 Å². The normalized spacial score (nSPS) is 11.4. The second-order valence-corrected chi connectivity index (χ2v) is 8.32.